The highest BCUT2D eigenvalue weighted by Crippen LogP contribution is 2.32. The Morgan fingerprint density at radius 3 is 1.97 bits per heavy atom. The predicted molar refractivity (Wildman–Crippen MR) is 132 cm³/mol. The van der Waals surface area contributed by atoms with Crippen molar-refractivity contribution in [1.82, 2.24) is 4.98 Å². The number of methoxy groups -OCH3 is 2. The third-order valence-corrected chi connectivity index (χ3v) is 5.64. The molecule has 1 aromatic heterocycles. The van der Waals surface area contributed by atoms with Crippen LogP contribution in [-0.2, 0) is 19.4 Å². The Hall–Kier alpha value is -3.41. The van der Waals surface area contributed by atoms with E-state index in [1.165, 1.54) is 0 Å². The molecule has 0 bridgehead atoms. The zero-order valence-electron chi connectivity index (χ0n) is 19.3. The van der Waals surface area contributed by atoms with Gasteiger partial charge in [-0.1, -0.05) is 44.0 Å². The van der Waals surface area contributed by atoms with Gasteiger partial charge in [-0.2, -0.15) is 0 Å². The molecule has 0 radical (unpaired) electrons. The van der Waals surface area contributed by atoms with Crippen molar-refractivity contribution in [3.63, 3.8) is 0 Å². The Morgan fingerprint density at radius 1 is 0.812 bits per heavy atom. The molecule has 0 saturated heterocycles. The number of hydrogen-bond donors (Lipinski definition) is 3. The molecule has 3 rings (SSSR count). The number of anilines is 3. The number of rotatable bonds is 11. The summed E-state index contributed by atoms with van der Waals surface area (Å²) in [6.07, 6.45) is 4.94. The van der Waals surface area contributed by atoms with Gasteiger partial charge in [-0.15, -0.1) is 0 Å². The van der Waals surface area contributed by atoms with Gasteiger partial charge in [0.25, 0.3) is 0 Å². The van der Waals surface area contributed by atoms with Gasteiger partial charge in [-0.05, 0) is 48.2 Å². The number of ether oxygens (including phenoxy) is 2. The number of aryl methyl sites for hydroxylation is 1. The number of nitrogens with zero attached hydrogens (tertiary/aromatic N) is 1. The number of nitrogens with two attached hydrogens (primary N) is 2. The van der Waals surface area contributed by atoms with Crippen LogP contribution in [-0.4, -0.2) is 19.2 Å². The van der Waals surface area contributed by atoms with E-state index >= 15 is 0 Å². The quantitative estimate of drug-likeness (QED) is 0.359. The van der Waals surface area contributed by atoms with E-state index in [0.29, 0.717) is 30.2 Å². The van der Waals surface area contributed by atoms with Crippen LogP contribution < -0.4 is 26.3 Å². The van der Waals surface area contributed by atoms with Gasteiger partial charge < -0.3 is 26.3 Å². The van der Waals surface area contributed by atoms with E-state index in [-0.39, 0.29) is 0 Å². The fraction of sp³-hybridized carbons (Fsp3) is 0.346. The van der Waals surface area contributed by atoms with Gasteiger partial charge in [0.15, 0.2) is 5.82 Å². The van der Waals surface area contributed by atoms with Crippen LogP contribution in [0.4, 0.5) is 17.2 Å². The highest BCUT2D eigenvalue weighted by Gasteiger charge is 2.16. The summed E-state index contributed by atoms with van der Waals surface area (Å²) < 4.78 is 10.5. The molecule has 6 heteroatoms. The van der Waals surface area contributed by atoms with Gasteiger partial charge in [0.2, 0.25) is 0 Å². The van der Waals surface area contributed by atoms with Crippen molar-refractivity contribution >= 4 is 17.2 Å². The minimum Gasteiger partial charge on any atom is -0.497 e. The molecule has 3 aromatic rings. The third-order valence-electron chi connectivity index (χ3n) is 5.64. The molecule has 170 valence electrons. The van der Waals surface area contributed by atoms with Gasteiger partial charge in [0, 0.05) is 24.2 Å². The first-order chi connectivity index (χ1) is 15.5. The second kappa shape index (κ2) is 11.3. The molecular formula is C26H34N4O2. The molecule has 2 aromatic carbocycles. The molecule has 0 atom stereocenters. The largest absolute Gasteiger partial charge is 0.497 e. The lowest BCUT2D eigenvalue weighted by Gasteiger charge is -2.18. The molecule has 0 aliphatic heterocycles. The molecule has 0 unspecified atom stereocenters. The lowest BCUT2D eigenvalue weighted by atomic mass is 9.98. The highest BCUT2D eigenvalue weighted by atomic mass is 16.5. The Morgan fingerprint density at radius 2 is 1.41 bits per heavy atom. The SMILES string of the molecule is CCCCCc1nc(NCc2ccc(OC)cc2)c(N)c(N)c1Cc1ccc(OC)cc1. The van der Waals surface area contributed by atoms with Crippen LogP contribution >= 0.6 is 0 Å². The number of nitrogens with one attached hydrogen (secondary N) is 1. The van der Waals surface area contributed by atoms with Crippen molar-refractivity contribution in [2.75, 3.05) is 31.0 Å². The van der Waals surface area contributed by atoms with Gasteiger partial charge in [0.1, 0.15) is 11.5 Å². The summed E-state index contributed by atoms with van der Waals surface area (Å²) in [7, 11) is 3.33. The molecule has 0 saturated carbocycles. The Balaban J connectivity index is 1.85. The smallest absolute Gasteiger partial charge is 0.151 e. The Kier molecular flexibility index (Phi) is 8.20. The number of hydrogen-bond acceptors (Lipinski definition) is 6. The van der Waals surface area contributed by atoms with E-state index < -0.39 is 0 Å². The molecule has 6 nitrogen and oxygen atoms in total. The van der Waals surface area contributed by atoms with Gasteiger partial charge in [-0.25, -0.2) is 4.98 Å². The van der Waals surface area contributed by atoms with Gasteiger partial charge >= 0.3 is 0 Å². The van der Waals surface area contributed by atoms with Crippen LogP contribution in [0.15, 0.2) is 48.5 Å². The van der Waals surface area contributed by atoms with Crippen LogP contribution in [0.3, 0.4) is 0 Å². The number of unbranched alkanes of at least 4 members (excludes halogenated alkanes) is 2. The van der Waals surface area contributed by atoms with Crippen LogP contribution in [0, 0.1) is 0 Å². The number of aromatic nitrogens is 1. The minimum atomic E-state index is 0.501. The summed E-state index contributed by atoms with van der Waals surface area (Å²) in [6, 6.07) is 16.0. The lowest BCUT2D eigenvalue weighted by Crippen LogP contribution is -2.13. The maximum atomic E-state index is 6.55. The van der Waals surface area contributed by atoms with Crippen molar-refractivity contribution in [2.24, 2.45) is 0 Å². The zero-order chi connectivity index (χ0) is 22.9. The van der Waals surface area contributed by atoms with Crippen LogP contribution in [0.5, 0.6) is 11.5 Å². The molecule has 0 amide bonds. The first-order valence-electron chi connectivity index (χ1n) is 11.1. The van der Waals surface area contributed by atoms with Crippen molar-refractivity contribution in [3.05, 3.63) is 70.9 Å². The van der Waals surface area contributed by atoms with Crippen molar-refractivity contribution < 1.29 is 9.47 Å². The van der Waals surface area contributed by atoms with E-state index in [1.807, 2.05) is 36.4 Å². The molecule has 0 aliphatic rings. The summed E-state index contributed by atoms with van der Waals surface area (Å²) >= 11 is 0. The molecule has 0 spiro atoms. The molecule has 0 aliphatic carbocycles. The molecular weight excluding hydrogens is 400 g/mol. The summed E-state index contributed by atoms with van der Waals surface area (Å²) in [6.45, 7) is 2.80. The average Bonchev–Trinajstić information content (AvgIpc) is 2.83. The first kappa shape index (κ1) is 23.3. The maximum absolute atomic E-state index is 6.55. The van der Waals surface area contributed by atoms with Gasteiger partial charge in [-0.3, -0.25) is 0 Å². The standard InChI is InChI=1S/C26H34N4O2/c1-4-5-6-7-23-22(16-18-8-12-20(31-2)13-9-18)24(27)25(28)26(30-23)29-17-19-10-14-21(32-3)15-11-19/h8-15H,4-7,16-17,28H2,1-3H3,(H3,27,29,30). The van der Waals surface area contributed by atoms with E-state index in [0.717, 1.165) is 59.6 Å². The van der Waals surface area contributed by atoms with Gasteiger partial charge in [0.05, 0.1) is 25.6 Å². The van der Waals surface area contributed by atoms with E-state index in [2.05, 4.69) is 24.4 Å². The second-order valence-corrected chi connectivity index (χ2v) is 7.90. The average molecular weight is 435 g/mol. The number of benzene rings is 2. The van der Waals surface area contributed by atoms with Crippen molar-refractivity contribution in [3.8, 4) is 11.5 Å². The highest BCUT2D eigenvalue weighted by molar-refractivity contribution is 5.79. The topological polar surface area (TPSA) is 95.4 Å². The van der Waals surface area contributed by atoms with E-state index in [9.17, 15) is 0 Å². The predicted octanol–water partition coefficient (Wildman–Crippen LogP) is 5.20. The Labute approximate surface area is 191 Å². The van der Waals surface area contributed by atoms with Crippen molar-refractivity contribution in [2.45, 2.75) is 45.6 Å². The Bertz CT molecular complexity index is 1000. The fourth-order valence-corrected chi connectivity index (χ4v) is 3.67. The maximum Gasteiger partial charge on any atom is 0.151 e. The summed E-state index contributed by atoms with van der Waals surface area (Å²) in [5.74, 6) is 2.31. The van der Waals surface area contributed by atoms with Crippen LogP contribution in [0.1, 0.15) is 48.6 Å². The molecule has 0 fully saturated rings. The monoisotopic (exact) mass is 434 g/mol. The molecule has 32 heavy (non-hydrogen) atoms. The third kappa shape index (κ3) is 5.84. The molecule has 1 heterocycles. The van der Waals surface area contributed by atoms with E-state index in [4.69, 9.17) is 25.9 Å². The van der Waals surface area contributed by atoms with Crippen molar-refractivity contribution in [1.29, 1.82) is 0 Å². The lowest BCUT2D eigenvalue weighted by molar-refractivity contribution is 0.414. The fourth-order valence-electron chi connectivity index (χ4n) is 3.67. The summed E-state index contributed by atoms with van der Waals surface area (Å²) in [4.78, 5) is 4.92. The number of nitrogen functional groups attached to an aromatic ring is 2. The molecule has 5 N–H and O–H groups in total. The van der Waals surface area contributed by atoms with Crippen LogP contribution in [0.25, 0.3) is 0 Å². The minimum absolute atomic E-state index is 0.501. The summed E-state index contributed by atoms with van der Waals surface area (Å²) in [5.41, 5.74) is 18.4. The van der Waals surface area contributed by atoms with E-state index in [1.54, 1.807) is 14.2 Å². The number of pyridine rings is 1. The van der Waals surface area contributed by atoms with Crippen LogP contribution in [0.2, 0.25) is 0 Å². The first-order valence-corrected chi connectivity index (χ1v) is 11.1. The second-order valence-electron chi connectivity index (χ2n) is 7.90. The summed E-state index contributed by atoms with van der Waals surface area (Å²) in [5, 5.41) is 3.37. The normalized spacial score (nSPS) is 10.7. The zero-order valence-corrected chi connectivity index (χ0v) is 19.3.